The number of aromatic nitrogens is 1. The molecular weight excluding hydrogens is 241 g/mol. The molecule has 0 aliphatic heterocycles. The maximum Gasteiger partial charge on any atom is 0.130 e. The lowest BCUT2D eigenvalue weighted by Crippen LogP contribution is -1.98. The summed E-state index contributed by atoms with van der Waals surface area (Å²) < 4.78 is 18.3. The molecule has 0 aliphatic rings. The van der Waals surface area contributed by atoms with Crippen molar-refractivity contribution in [3.63, 3.8) is 0 Å². The van der Waals surface area contributed by atoms with E-state index in [2.05, 4.69) is 4.98 Å². The fourth-order valence-corrected chi connectivity index (χ4v) is 1.88. The summed E-state index contributed by atoms with van der Waals surface area (Å²) in [5.74, 6) is 0.368. The van der Waals surface area contributed by atoms with Gasteiger partial charge in [0, 0.05) is 5.39 Å². The third kappa shape index (κ3) is 2.71. The Kier molecular flexibility index (Phi) is 3.11. The van der Waals surface area contributed by atoms with Gasteiger partial charge in [0.25, 0.3) is 0 Å². The summed E-state index contributed by atoms with van der Waals surface area (Å²) in [5, 5.41) is 1.10. The third-order valence-electron chi connectivity index (χ3n) is 2.86. The molecule has 0 amide bonds. The number of para-hydroxylation sites is 1. The molecule has 0 atom stereocenters. The van der Waals surface area contributed by atoms with Crippen LogP contribution in [0, 0.1) is 5.82 Å². The van der Waals surface area contributed by atoms with Crippen LogP contribution in [0.25, 0.3) is 10.9 Å². The second-order valence-electron chi connectivity index (χ2n) is 4.24. The van der Waals surface area contributed by atoms with Crippen molar-refractivity contribution in [3.05, 3.63) is 72.2 Å². The van der Waals surface area contributed by atoms with E-state index in [4.69, 9.17) is 4.74 Å². The number of nitrogens with zero attached hydrogens (tertiary/aromatic N) is 1. The maximum atomic E-state index is 12.8. The van der Waals surface area contributed by atoms with Crippen LogP contribution in [0.15, 0.2) is 60.7 Å². The molecule has 0 bridgehead atoms. The summed E-state index contributed by atoms with van der Waals surface area (Å²) in [6.07, 6.45) is 0. The van der Waals surface area contributed by atoms with Gasteiger partial charge in [-0.05, 0) is 36.4 Å². The van der Waals surface area contributed by atoms with Gasteiger partial charge in [0.05, 0.1) is 11.2 Å². The standard InChI is InChI=1S/C16H12FNO/c17-13-6-9-15(10-7-13)19-11-14-8-5-12-3-1-2-4-16(12)18-14/h1-10H,11H2. The molecule has 0 saturated heterocycles. The Bertz CT molecular complexity index is 694. The molecule has 1 heterocycles. The Morgan fingerprint density at radius 2 is 1.68 bits per heavy atom. The monoisotopic (exact) mass is 253 g/mol. The molecule has 94 valence electrons. The first kappa shape index (κ1) is 11.7. The number of rotatable bonds is 3. The highest BCUT2D eigenvalue weighted by Gasteiger charge is 2.00. The molecule has 0 unspecified atom stereocenters. The van der Waals surface area contributed by atoms with Crippen molar-refractivity contribution in [2.75, 3.05) is 0 Å². The van der Waals surface area contributed by atoms with Gasteiger partial charge < -0.3 is 4.74 Å². The van der Waals surface area contributed by atoms with Crippen LogP contribution in [0.1, 0.15) is 5.69 Å². The van der Waals surface area contributed by atoms with Crippen molar-refractivity contribution in [1.29, 1.82) is 0 Å². The first-order chi connectivity index (χ1) is 9.31. The number of benzene rings is 2. The van der Waals surface area contributed by atoms with Crippen LogP contribution in [-0.2, 0) is 6.61 Å². The van der Waals surface area contributed by atoms with E-state index in [9.17, 15) is 4.39 Å². The topological polar surface area (TPSA) is 22.1 Å². The molecule has 1 aromatic heterocycles. The Morgan fingerprint density at radius 1 is 0.895 bits per heavy atom. The van der Waals surface area contributed by atoms with Gasteiger partial charge in [-0.2, -0.15) is 0 Å². The fraction of sp³-hybridized carbons (Fsp3) is 0.0625. The van der Waals surface area contributed by atoms with Crippen LogP contribution in [0.3, 0.4) is 0 Å². The predicted octanol–water partition coefficient (Wildman–Crippen LogP) is 3.95. The highest BCUT2D eigenvalue weighted by molar-refractivity contribution is 5.78. The SMILES string of the molecule is Fc1ccc(OCc2ccc3ccccc3n2)cc1. The van der Waals surface area contributed by atoms with Gasteiger partial charge in [-0.25, -0.2) is 9.37 Å². The van der Waals surface area contributed by atoms with E-state index >= 15 is 0 Å². The lowest BCUT2D eigenvalue weighted by molar-refractivity contribution is 0.301. The fourth-order valence-electron chi connectivity index (χ4n) is 1.88. The van der Waals surface area contributed by atoms with Crippen molar-refractivity contribution in [3.8, 4) is 5.75 Å². The van der Waals surface area contributed by atoms with Gasteiger partial charge in [0.15, 0.2) is 0 Å². The third-order valence-corrected chi connectivity index (χ3v) is 2.86. The smallest absolute Gasteiger partial charge is 0.130 e. The highest BCUT2D eigenvalue weighted by atomic mass is 19.1. The number of fused-ring (bicyclic) bond motifs is 1. The van der Waals surface area contributed by atoms with E-state index in [1.165, 1.54) is 12.1 Å². The van der Waals surface area contributed by atoms with Crippen molar-refractivity contribution in [2.45, 2.75) is 6.61 Å². The second kappa shape index (κ2) is 5.06. The van der Waals surface area contributed by atoms with Gasteiger partial charge in [-0.15, -0.1) is 0 Å². The van der Waals surface area contributed by atoms with Crippen molar-refractivity contribution in [1.82, 2.24) is 4.98 Å². The summed E-state index contributed by atoms with van der Waals surface area (Å²) in [5.41, 5.74) is 1.80. The van der Waals surface area contributed by atoms with Crippen LogP contribution in [0.2, 0.25) is 0 Å². The van der Waals surface area contributed by atoms with Crippen molar-refractivity contribution < 1.29 is 9.13 Å². The van der Waals surface area contributed by atoms with Gasteiger partial charge in [0.1, 0.15) is 18.2 Å². The summed E-state index contributed by atoms with van der Waals surface area (Å²) >= 11 is 0. The molecule has 0 N–H and O–H groups in total. The molecular formula is C16H12FNO. The molecule has 3 heteroatoms. The molecule has 0 saturated carbocycles. The van der Waals surface area contributed by atoms with E-state index in [1.807, 2.05) is 36.4 Å². The summed E-state index contributed by atoms with van der Waals surface area (Å²) in [7, 11) is 0. The number of hydrogen-bond donors (Lipinski definition) is 0. The minimum atomic E-state index is -0.267. The van der Waals surface area contributed by atoms with Crippen molar-refractivity contribution in [2.24, 2.45) is 0 Å². The Morgan fingerprint density at radius 3 is 2.53 bits per heavy atom. The number of ether oxygens (including phenoxy) is 1. The highest BCUT2D eigenvalue weighted by Crippen LogP contribution is 2.15. The Hall–Kier alpha value is -2.42. The van der Waals surface area contributed by atoms with E-state index < -0.39 is 0 Å². The number of pyridine rings is 1. The van der Waals surface area contributed by atoms with Crippen molar-refractivity contribution >= 4 is 10.9 Å². The van der Waals surface area contributed by atoms with E-state index in [-0.39, 0.29) is 5.82 Å². The van der Waals surface area contributed by atoms with Gasteiger partial charge in [-0.3, -0.25) is 0 Å². The molecule has 3 aromatic rings. The van der Waals surface area contributed by atoms with E-state index in [0.29, 0.717) is 12.4 Å². The van der Waals surface area contributed by atoms with Gasteiger partial charge in [-0.1, -0.05) is 24.3 Å². The minimum absolute atomic E-state index is 0.267. The van der Waals surface area contributed by atoms with Gasteiger partial charge >= 0.3 is 0 Å². The number of halogens is 1. The molecule has 2 nitrogen and oxygen atoms in total. The molecule has 19 heavy (non-hydrogen) atoms. The van der Waals surface area contributed by atoms with Crippen LogP contribution in [0.5, 0.6) is 5.75 Å². The minimum Gasteiger partial charge on any atom is -0.487 e. The average Bonchev–Trinajstić information content (AvgIpc) is 2.46. The zero-order chi connectivity index (χ0) is 13.1. The second-order valence-corrected chi connectivity index (χ2v) is 4.24. The molecule has 0 radical (unpaired) electrons. The van der Waals surface area contributed by atoms with Gasteiger partial charge in [0.2, 0.25) is 0 Å². The zero-order valence-corrected chi connectivity index (χ0v) is 10.2. The summed E-state index contributed by atoms with van der Waals surface area (Å²) in [4.78, 5) is 4.51. The lowest BCUT2D eigenvalue weighted by Gasteiger charge is -2.06. The molecule has 0 fully saturated rings. The molecule has 3 rings (SSSR count). The molecule has 0 spiro atoms. The Balaban J connectivity index is 1.76. The van der Waals surface area contributed by atoms with Crippen LogP contribution < -0.4 is 4.74 Å². The average molecular weight is 253 g/mol. The predicted molar refractivity (Wildman–Crippen MR) is 72.5 cm³/mol. The first-order valence-electron chi connectivity index (χ1n) is 6.04. The van der Waals surface area contributed by atoms with Crippen LogP contribution in [-0.4, -0.2) is 4.98 Å². The largest absolute Gasteiger partial charge is 0.487 e. The Labute approximate surface area is 110 Å². The zero-order valence-electron chi connectivity index (χ0n) is 10.2. The van der Waals surface area contributed by atoms with Crippen LogP contribution in [0.4, 0.5) is 4.39 Å². The normalized spacial score (nSPS) is 10.6. The van der Waals surface area contributed by atoms with Crippen LogP contribution >= 0.6 is 0 Å². The van der Waals surface area contributed by atoms with E-state index in [0.717, 1.165) is 16.6 Å². The summed E-state index contributed by atoms with van der Waals surface area (Å²) in [6.45, 7) is 0.371. The van der Waals surface area contributed by atoms with E-state index in [1.54, 1.807) is 12.1 Å². The molecule has 0 aliphatic carbocycles. The first-order valence-corrected chi connectivity index (χ1v) is 6.04. The quantitative estimate of drug-likeness (QED) is 0.705. The summed E-state index contributed by atoms with van der Waals surface area (Å²) in [6, 6.07) is 17.9. The lowest BCUT2D eigenvalue weighted by atomic mass is 10.2. The molecule has 2 aromatic carbocycles. The maximum absolute atomic E-state index is 12.8. The number of hydrogen-bond acceptors (Lipinski definition) is 2.